The summed E-state index contributed by atoms with van der Waals surface area (Å²) in [4.78, 5) is 28.7. The molecule has 9 heteroatoms. The standard InChI is InChI=1S/C18H26N6O3/c1-5-27-18(26)16-10-15(20-22(16)4)17(25)24-8-6-23(7-9-24)12-14-11-21(3)19-13(14)2/h10-11H,5-9,12H2,1-4H3. The molecule has 2 aromatic rings. The van der Waals surface area contributed by atoms with E-state index in [1.165, 1.54) is 16.3 Å². The van der Waals surface area contributed by atoms with Crippen molar-refractivity contribution in [1.82, 2.24) is 29.4 Å². The third-order valence-electron chi connectivity index (χ3n) is 4.75. The van der Waals surface area contributed by atoms with Gasteiger partial charge in [-0.05, 0) is 13.8 Å². The Bertz CT molecular complexity index is 832. The first-order valence-corrected chi connectivity index (χ1v) is 9.11. The predicted molar refractivity (Wildman–Crippen MR) is 98.3 cm³/mol. The van der Waals surface area contributed by atoms with Crippen molar-refractivity contribution >= 4 is 11.9 Å². The average molecular weight is 374 g/mol. The van der Waals surface area contributed by atoms with Gasteiger partial charge in [-0.1, -0.05) is 0 Å². The molecule has 3 heterocycles. The Balaban J connectivity index is 1.59. The second-order valence-corrected chi connectivity index (χ2v) is 6.74. The molecule has 1 fully saturated rings. The molecule has 1 aliphatic rings. The monoisotopic (exact) mass is 374 g/mol. The van der Waals surface area contributed by atoms with E-state index in [4.69, 9.17) is 4.74 Å². The van der Waals surface area contributed by atoms with Gasteiger partial charge in [0.1, 0.15) is 5.69 Å². The first-order chi connectivity index (χ1) is 12.9. The lowest BCUT2D eigenvalue weighted by Crippen LogP contribution is -2.48. The second-order valence-electron chi connectivity index (χ2n) is 6.74. The van der Waals surface area contributed by atoms with Crippen molar-refractivity contribution in [2.45, 2.75) is 20.4 Å². The highest BCUT2D eigenvalue weighted by molar-refractivity contribution is 5.96. The molecule has 0 bridgehead atoms. The number of carbonyl (C=O) groups excluding carboxylic acids is 2. The SMILES string of the molecule is CCOC(=O)c1cc(C(=O)N2CCN(Cc3cn(C)nc3C)CC2)nn1C. The summed E-state index contributed by atoms with van der Waals surface area (Å²) < 4.78 is 8.21. The molecule has 0 saturated carbocycles. The van der Waals surface area contributed by atoms with Crippen LogP contribution in [0.15, 0.2) is 12.3 Å². The molecule has 9 nitrogen and oxygen atoms in total. The van der Waals surface area contributed by atoms with E-state index in [-0.39, 0.29) is 23.9 Å². The Hall–Kier alpha value is -2.68. The second kappa shape index (κ2) is 7.91. The highest BCUT2D eigenvalue weighted by Crippen LogP contribution is 2.14. The minimum atomic E-state index is -0.469. The number of hydrogen-bond donors (Lipinski definition) is 0. The van der Waals surface area contributed by atoms with Gasteiger partial charge in [-0.3, -0.25) is 19.1 Å². The fourth-order valence-electron chi connectivity index (χ4n) is 3.28. The molecular weight excluding hydrogens is 348 g/mol. The van der Waals surface area contributed by atoms with Crippen LogP contribution < -0.4 is 0 Å². The van der Waals surface area contributed by atoms with Crippen LogP contribution in [0.2, 0.25) is 0 Å². The van der Waals surface area contributed by atoms with Crippen LogP contribution in [0.3, 0.4) is 0 Å². The molecule has 0 spiro atoms. The van der Waals surface area contributed by atoms with Crippen molar-refractivity contribution < 1.29 is 14.3 Å². The zero-order valence-corrected chi connectivity index (χ0v) is 16.3. The highest BCUT2D eigenvalue weighted by Gasteiger charge is 2.26. The largest absolute Gasteiger partial charge is 0.461 e. The predicted octanol–water partition coefficient (Wildman–Crippen LogP) is 0.597. The van der Waals surface area contributed by atoms with Crippen molar-refractivity contribution in [2.75, 3.05) is 32.8 Å². The third-order valence-corrected chi connectivity index (χ3v) is 4.75. The van der Waals surface area contributed by atoms with Crippen molar-refractivity contribution in [3.8, 4) is 0 Å². The van der Waals surface area contributed by atoms with Gasteiger partial charge in [-0.2, -0.15) is 10.2 Å². The van der Waals surface area contributed by atoms with Crippen molar-refractivity contribution in [3.63, 3.8) is 0 Å². The molecule has 0 atom stereocenters. The summed E-state index contributed by atoms with van der Waals surface area (Å²) in [5.41, 5.74) is 2.81. The van der Waals surface area contributed by atoms with Gasteiger partial charge in [0.2, 0.25) is 0 Å². The first-order valence-electron chi connectivity index (χ1n) is 9.11. The Morgan fingerprint density at radius 3 is 2.44 bits per heavy atom. The number of piperazine rings is 1. The van der Waals surface area contributed by atoms with E-state index in [0.29, 0.717) is 13.1 Å². The van der Waals surface area contributed by atoms with Crippen LogP contribution in [0.1, 0.15) is 39.2 Å². The minimum absolute atomic E-state index is 0.154. The maximum Gasteiger partial charge on any atom is 0.356 e. The summed E-state index contributed by atoms with van der Waals surface area (Å²) in [5, 5.41) is 8.56. The Kier molecular flexibility index (Phi) is 5.59. The van der Waals surface area contributed by atoms with Gasteiger partial charge in [0.05, 0.1) is 12.3 Å². The molecule has 0 radical (unpaired) electrons. The van der Waals surface area contributed by atoms with Gasteiger partial charge in [-0.25, -0.2) is 4.79 Å². The van der Waals surface area contributed by atoms with Gasteiger partial charge in [0.15, 0.2) is 5.69 Å². The summed E-state index contributed by atoms with van der Waals surface area (Å²) in [6, 6.07) is 1.51. The van der Waals surface area contributed by atoms with E-state index >= 15 is 0 Å². The molecule has 1 aliphatic heterocycles. The van der Waals surface area contributed by atoms with Crippen LogP contribution in [-0.2, 0) is 25.4 Å². The van der Waals surface area contributed by atoms with Crippen LogP contribution in [-0.4, -0.2) is 74.0 Å². The van der Waals surface area contributed by atoms with E-state index in [0.717, 1.165) is 25.3 Å². The summed E-state index contributed by atoms with van der Waals surface area (Å²) in [7, 11) is 3.56. The summed E-state index contributed by atoms with van der Waals surface area (Å²) >= 11 is 0. The smallest absolute Gasteiger partial charge is 0.356 e. The molecule has 0 unspecified atom stereocenters. The fraction of sp³-hybridized carbons (Fsp3) is 0.556. The first kappa shape index (κ1) is 19.1. The molecule has 3 rings (SSSR count). The van der Waals surface area contributed by atoms with Crippen LogP contribution >= 0.6 is 0 Å². The summed E-state index contributed by atoms with van der Waals surface area (Å²) in [6.45, 7) is 7.70. The van der Waals surface area contributed by atoms with E-state index in [1.807, 2.05) is 24.9 Å². The molecule has 0 aliphatic carbocycles. The van der Waals surface area contributed by atoms with Gasteiger partial charge in [0, 0.05) is 64.6 Å². The summed E-state index contributed by atoms with van der Waals surface area (Å²) in [5.74, 6) is -0.624. The lowest BCUT2D eigenvalue weighted by molar-refractivity contribution is 0.0513. The molecule has 1 amide bonds. The lowest BCUT2D eigenvalue weighted by atomic mass is 10.2. The van der Waals surface area contributed by atoms with Gasteiger partial charge in [0.25, 0.3) is 5.91 Å². The van der Waals surface area contributed by atoms with Gasteiger partial charge < -0.3 is 9.64 Å². The van der Waals surface area contributed by atoms with Gasteiger partial charge >= 0.3 is 5.97 Å². The Morgan fingerprint density at radius 2 is 1.85 bits per heavy atom. The zero-order valence-electron chi connectivity index (χ0n) is 16.3. The third kappa shape index (κ3) is 4.19. The fourth-order valence-corrected chi connectivity index (χ4v) is 3.28. The maximum absolute atomic E-state index is 12.7. The van der Waals surface area contributed by atoms with E-state index in [1.54, 1.807) is 18.9 Å². The number of aromatic nitrogens is 4. The highest BCUT2D eigenvalue weighted by atomic mass is 16.5. The number of rotatable bonds is 5. The molecular formula is C18H26N6O3. The van der Waals surface area contributed by atoms with Crippen LogP contribution in [0.4, 0.5) is 0 Å². The topological polar surface area (TPSA) is 85.5 Å². The Morgan fingerprint density at radius 1 is 1.15 bits per heavy atom. The molecule has 146 valence electrons. The summed E-state index contributed by atoms with van der Waals surface area (Å²) in [6.07, 6.45) is 2.04. The maximum atomic E-state index is 12.7. The van der Waals surface area contributed by atoms with Crippen LogP contribution in [0.25, 0.3) is 0 Å². The Labute approximate surface area is 158 Å². The number of hydrogen-bond acceptors (Lipinski definition) is 6. The van der Waals surface area contributed by atoms with E-state index in [2.05, 4.69) is 15.1 Å². The minimum Gasteiger partial charge on any atom is -0.461 e. The molecule has 2 aromatic heterocycles. The number of aryl methyl sites for hydroxylation is 3. The van der Waals surface area contributed by atoms with E-state index in [9.17, 15) is 9.59 Å². The van der Waals surface area contributed by atoms with Crippen LogP contribution in [0, 0.1) is 6.92 Å². The zero-order chi connectivity index (χ0) is 19.6. The molecule has 1 saturated heterocycles. The van der Waals surface area contributed by atoms with Crippen molar-refractivity contribution in [3.05, 3.63) is 34.9 Å². The molecule has 0 N–H and O–H groups in total. The number of amides is 1. The number of nitrogens with zero attached hydrogens (tertiary/aromatic N) is 6. The number of carbonyl (C=O) groups is 2. The van der Waals surface area contributed by atoms with E-state index < -0.39 is 5.97 Å². The normalized spacial score (nSPS) is 15.2. The average Bonchev–Trinajstić information content (AvgIpc) is 3.17. The molecule has 0 aromatic carbocycles. The van der Waals surface area contributed by atoms with Crippen molar-refractivity contribution in [2.24, 2.45) is 14.1 Å². The quantitative estimate of drug-likeness (QED) is 0.713. The number of esters is 1. The van der Waals surface area contributed by atoms with Gasteiger partial charge in [-0.15, -0.1) is 0 Å². The number of ether oxygens (including phenoxy) is 1. The van der Waals surface area contributed by atoms with Crippen LogP contribution in [0.5, 0.6) is 0 Å². The molecule has 27 heavy (non-hydrogen) atoms. The van der Waals surface area contributed by atoms with Crippen molar-refractivity contribution in [1.29, 1.82) is 0 Å². The lowest BCUT2D eigenvalue weighted by Gasteiger charge is -2.34.